The highest BCUT2D eigenvalue weighted by atomic mass is 16.2. The first-order valence-corrected chi connectivity index (χ1v) is 5.57. The second-order valence-electron chi connectivity index (χ2n) is 4.26. The lowest BCUT2D eigenvalue weighted by molar-refractivity contribution is -0.123. The van der Waals surface area contributed by atoms with E-state index in [0.29, 0.717) is 12.1 Å². The summed E-state index contributed by atoms with van der Waals surface area (Å²) < 4.78 is 0. The number of rotatable bonds is 4. The first kappa shape index (κ1) is 13.2. The summed E-state index contributed by atoms with van der Waals surface area (Å²) in [7, 11) is 0. The lowest BCUT2D eigenvalue weighted by Gasteiger charge is -2.15. The number of carbonyl (C=O) groups is 1. The molecule has 0 saturated carbocycles. The number of carbonyl (C=O) groups excluding carboxylic acids is 1. The first-order chi connectivity index (χ1) is 8.06. The fourth-order valence-corrected chi connectivity index (χ4v) is 1.39. The summed E-state index contributed by atoms with van der Waals surface area (Å²) in [6.07, 6.45) is 0. The Morgan fingerprint density at radius 1 is 1.47 bits per heavy atom. The van der Waals surface area contributed by atoms with Crippen LogP contribution in [0.4, 0.5) is 0 Å². The quantitative estimate of drug-likeness (QED) is 0.816. The van der Waals surface area contributed by atoms with Crippen LogP contribution in [0, 0.1) is 17.2 Å². The summed E-state index contributed by atoms with van der Waals surface area (Å²) in [6, 6.07) is 8.76. The maximum Gasteiger partial charge on any atom is 0.237 e. The summed E-state index contributed by atoms with van der Waals surface area (Å²) >= 11 is 0. The molecule has 4 heteroatoms. The van der Waals surface area contributed by atoms with E-state index in [1.807, 2.05) is 26.0 Å². The number of nitriles is 1. The zero-order valence-corrected chi connectivity index (χ0v) is 10.1. The van der Waals surface area contributed by atoms with Gasteiger partial charge in [-0.2, -0.15) is 5.26 Å². The maximum atomic E-state index is 11.6. The van der Waals surface area contributed by atoms with Crippen molar-refractivity contribution >= 4 is 5.91 Å². The van der Waals surface area contributed by atoms with Crippen LogP contribution in [0.1, 0.15) is 25.0 Å². The number of nitrogens with two attached hydrogens (primary N) is 1. The Kier molecular flexibility index (Phi) is 4.68. The average Bonchev–Trinajstić information content (AvgIpc) is 2.35. The van der Waals surface area contributed by atoms with Gasteiger partial charge in [-0.25, -0.2) is 0 Å². The summed E-state index contributed by atoms with van der Waals surface area (Å²) in [6.45, 7) is 4.13. The molecule has 3 N–H and O–H groups in total. The number of hydrogen-bond acceptors (Lipinski definition) is 3. The van der Waals surface area contributed by atoms with Gasteiger partial charge in [0.2, 0.25) is 5.91 Å². The minimum Gasteiger partial charge on any atom is -0.351 e. The highest BCUT2D eigenvalue weighted by molar-refractivity contribution is 5.81. The Morgan fingerprint density at radius 2 is 2.12 bits per heavy atom. The van der Waals surface area contributed by atoms with E-state index in [1.165, 1.54) is 0 Å². The van der Waals surface area contributed by atoms with Gasteiger partial charge in [0.15, 0.2) is 0 Å². The fourth-order valence-electron chi connectivity index (χ4n) is 1.39. The molecule has 0 fully saturated rings. The molecule has 0 heterocycles. The molecule has 1 rings (SSSR count). The van der Waals surface area contributed by atoms with E-state index in [0.717, 1.165) is 5.56 Å². The standard InChI is InChI=1S/C13H17N3O/c1-9(2)12(15)13(17)16-8-11-6-4-3-5-10(11)7-14/h3-6,9,12H,8,15H2,1-2H3,(H,16,17). The number of benzene rings is 1. The van der Waals surface area contributed by atoms with Gasteiger partial charge in [-0.1, -0.05) is 32.0 Å². The Bertz CT molecular complexity index is 435. The molecule has 17 heavy (non-hydrogen) atoms. The van der Waals surface area contributed by atoms with E-state index in [-0.39, 0.29) is 11.8 Å². The molecular weight excluding hydrogens is 214 g/mol. The molecule has 1 unspecified atom stereocenters. The number of nitrogens with zero attached hydrogens (tertiary/aromatic N) is 1. The number of nitrogens with one attached hydrogen (secondary N) is 1. The Morgan fingerprint density at radius 3 is 2.71 bits per heavy atom. The molecule has 1 aromatic carbocycles. The fraction of sp³-hybridized carbons (Fsp3) is 0.385. The van der Waals surface area contributed by atoms with Crippen LogP contribution in [0.25, 0.3) is 0 Å². The zero-order valence-electron chi connectivity index (χ0n) is 10.1. The van der Waals surface area contributed by atoms with Crippen LogP contribution in [0.5, 0.6) is 0 Å². The third-order valence-electron chi connectivity index (χ3n) is 2.61. The molecule has 4 nitrogen and oxygen atoms in total. The number of hydrogen-bond donors (Lipinski definition) is 2. The molecule has 0 aliphatic rings. The van der Waals surface area contributed by atoms with Crippen molar-refractivity contribution in [2.24, 2.45) is 11.7 Å². The van der Waals surface area contributed by atoms with E-state index in [2.05, 4.69) is 11.4 Å². The molecule has 1 amide bonds. The molecule has 0 aliphatic heterocycles. The zero-order chi connectivity index (χ0) is 12.8. The molecule has 0 aliphatic carbocycles. The van der Waals surface area contributed by atoms with E-state index >= 15 is 0 Å². The topological polar surface area (TPSA) is 78.9 Å². The van der Waals surface area contributed by atoms with Crippen molar-refractivity contribution in [3.8, 4) is 6.07 Å². The molecule has 0 radical (unpaired) electrons. The largest absolute Gasteiger partial charge is 0.351 e. The normalized spacial score (nSPS) is 11.9. The summed E-state index contributed by atoms with van der Waals surface area (Å²) in [5.41, 5.74) is 7.10. The predicted molar refractivity (Wildman–Crippen MR) is 65.8 cm³/mol. The molecule has 0 bridgehead atoms. The van der Waals surface area contributed by atoms with Crippen molar-refractivity contribution in [2.45, 2.75) is 26.4 Å². The van der Waals surface area contributed by atoms with Crippen LogP contribution in [0.3, 0.4) is 0 Å². The van der Waals surface area contributed by atoms with Gasteiger partial charge in [-0.3, -0.25) is 4.79 Å². The van der Waals surface area contributed by atoms with E-state index in [1.54, 1.807) is 12.1 Å². The first-order valence-electron chi connectivity index (χ1n) is 5.57. The van der Waals surface area contributed by atoms with Gasteiger partial charge in [0, 0.05) is 6.54 Å². The smallest absolute Gasteiger partial charge is 0.237 e. The molecule has 1 atom stereocenters. The Balaban J connectivity index is 2.62. The lowest BCUT2D eigenvalue weighted by Crippen LogP contribution is -2.43. The molecule has 0 aromatic heterocycles. The molecular formula is C13H17N3O. The van der Waals surface area contributed by atoms with Crippen molar-refractivity contribution in [3.05, 3.63) is 35.4 Å². The predicted octanol–water partition coefficient (Wildman–Crippen LogP) is 1.16. The minimum atomic E-state index is -0.510. The van der Waals surface area contributed by atoms with Gasteiger partial charge in [0.05, 0.1) is 17.7 Å². The van der Waals surface area contributed by atoms with Gasteiger partial charge in [0.25, 0.3) is 0 Å². The van der Waals surface area contributed by atoms with Gasteiger partial charge in [-0.05, 0) is 17.5 Å². The second kappa shape index (κ2) is 6.02. The number of amides is 1. The van der Waals surface area contributed by atoms with Crippen molar-refractivity contribution in [1.29, 1.82) is 5.26 Å². The SMILES string of the molecule is CC(C)C(N)C(=O)NCc1ccccc1C#N. The molecule has 1 aromatic rings. The van der Waals surface area contributed by atoms with Gasteiger partial charge in [-0.15, -0.1) is 0 Å². The highest BCUT2D eigenvalue weighted by Gasteiger charge is 2.16. The van der Waals surface area contributed by atoms with Crippen LogP contribution in [0.15, 0.2) is 24.3 Å². The highest BCUT2D eigenvalue weighted by Crippen LogP contribution is 2.07. The average molecular weight is 231 g/mol. The van der Waals surface area contributed by atoms with Gasteiger partial charge in [0.1, 0.15) is 0 Å². The van der Waals surface area contributed by atoms with Gasteiger partial charge >= 0.3 is 0 Å². The molecule has 0 spiro atoms. The van der Waals surface area contributed by atoms with Crippen LogP contribution >= 0.6 is 0 Å². The maximum absolute atomic E-state index is 11.6. The summed E-state index contributed by atoms with van der Waals surface area (Å²) in [4.78, 5) is 11.6. The molecule has 90 valence electrons. The third-order valence-corrected chi connectivity index (χ3v) is 2.61. The van der Waals surface area contributed by atoms with Crippen LogP contribution in [-0.4, -0.2) is 11.9 Å². The van der Waals surface area contributed by atoms with Crippen molar-refractivity contribution in [3.63, 3.8) is 0 Å². The summed E-state index contributed by atoms with van der Waals surface area (Å²) in [5, 5.41) is 11.6. The van der Waals surface area contributed by atoms with Crippen LogP contribution in [0.2, 0.25) is 0 Å². The summed E-state index contributed by atoms with van der Waals surface area (Å²) in [5.74, 6) is -0.0889. The Labute approximate surface area is 101 Å². The van der Waals surface area contributed by atoms with Crippen LogP contribution < -0.4 is 11.1 Å². The second-order valence-corrected chi connectivity index (χ2v) is 4.26. The monoisotopic (exact) mass is 231 g/mol. The molecule has 0 saturated heterocycles. The van der Waals surface area contributed by atoms with Crippen LogP contribution in [-0.2, 0) is 11.3 Å². The lowest BCUT2D eigenvalue weighted by atomic mass is 10.0. The Hall–Kier alpha value is -1.86. The van der Waals surface area contributed by atoms with E-state index in [4.69, 9.17) is 11.0 Å². The third kappa shape index (κ3) is 3.58. The van der Waals surface area contributed by atoms with Crippen molar-refractivity contribution in [2.75, 3.05) is 0 Å². The van der Waals surface area contributed by atoms with Crippen molar-refractivity contribution < 1.29 is 4.79 Å². The van der Waals surface area contributed by atoms with Crippen molar-refractivity contribution in [1.82, 2.24) is 5.32 Å². The van der Waals surface area contributed by atoms with Gasteiger partial charge < -0.3 is 11.1 Å². The van der Waals surface area contributed by atoms with E-state index < -0.39 is 6.04 Å². The van der Waals surface area contributed by atoms with E-state index in [9.17, 15) is 4.79 Å². The minimum absolute atomic E-state index is 0.0983.